The fourth-order valence-electron chi connectivity index (χ4n) is 1.77. The van der Waals surface area contributed by atoms with Crippen molar-refractivity contribution in [2.24, 2.45) is 5.73 Å². The molecule has 1 aromatic rings. The van der Waals surface area contributed by atoms with E-state index < -0.39 is 10.0 Å². The molecule has 0 aliphatic carbocycles. The molecule has 0 saturated carbocycles. The third-order valence-electron chi connectivity index (χ3n) is 3.43. The summed E-state index contributed by atoms with van der Waals surface area (Å²) >= 11 is 0. The van der Waals surface area contributed by atoms with Gasteiger partial charge in [-0.25, -0.2) is 8.42 Å². The molecular formula is C15H25N3O3S. The second-order valence-corrected chi connectivity index (χ2v) is 7.43. The molecule has 0 fully saturated rings. The predicted octanol–water partition coefficient (Wildman–Crippen LogP) is 1.07. The van der Waals surface area contributed by atoms with E-state index >= 15 is 0 Å². The minimum Gasteiger partial charge on any atom is -0.352 e. The lowest BCUT2D eigenvalue weighted by Crippen LogP contribution is -2.33. The maximum atomic E-state index is 12.3. The van der Waals surface area contributed by atoms with Gasteiger partial charge in [-0.1, -0.05) is 12.1 Å². The standard InChI is InChI=1S/C15H25N3O3S/c1-12(2)18(3)22(20,21)14-8-6-13(7-9-14)11-17-15(19)5-4-10-16/h6-9,12H,4-5,10-11,16H2,1-3H3,(H,17,19). The van der Waals surface area contributed by atoms with E-state index in [1.165, 1.54) is 4.31 Å². The number of benzene rings is 1. The molecule has 124 valence electrons. The smallest absolute Gasteiger partial charge is 0.243 e. The van der Waals surface area contributed by atoms with Gasteiger partial charge in [0.1, 0.15) is 0 Å². The number of carbonyl (C=O) groups excluding carboxylic acids is 1. The Kier molecular flexibility index (Phi) is 6.99. The number of carbonyl (C=O) groups is 1. The van der Waals surface area contributed by atoms with E-state index in [0.29, 0.717) is 25.9 Å². The van der Waals surface area contributed by atoms with Crippen molar-refractivity contribution in [3.05, 3.63) is 29.8 Å². The molecule has 1 amide bonds. The Morgan fingerprint density at radius 1 is 1.27 bits per heavy atom. The first-order valence-corrected chi connectivity index (χ1v) is 8.76. The molecule has 0 spiro atoms. The van der Waals surface area contributed by atoms with Crippen molar-refractivity contribution in [2.75, 3.05) is 13.6 Å². The van der Waals surface area contributed by atoms with Crippen LogP contribution in [0.2, 0.25) is 0 Å². The molecular weight excluding hydrogens is 302 g/mol. The lowest BCUT2D eigenvalue weighted by atomic mass is 10.2. The highest BCUT2D eigenvalue weighted by Gasteiger charge is 2.22. The quantitative estimate of drug-likeness (QED) is 0.747. The summed E-state index contributed by atoms with van der Waals surface area (Å²) in [5.41, 5.74) is 6.20. The van der Waals surface area contributed by atoms with Gasteiger partial charge in [0.2, 0.25) is 15.9 Å². The molecule has 6 nitrogen and oxygen atoms in total. The molecule has 7 heteroatoms. The van der Waals surface area contributed by atoms with Gasteiger partial charge in [0.15, 0.2) is 0 Å². The summed E-state index contributed by atoms with van der Waals surface area (Å²) in [6.07, 6.45) is 1.06. The molecule has 1 rings (SSSR count). The maximum Gasteiger partial charge on any atom is 0.243 e. The van der Waals surface area contributed by atoms with Gasteiger partial charge < -0.3 is 11.1 Å². The van der Waals surface area contributed by atoms with Crippen LogP contribution in [0.25, 0.3) is 0 Å². The van der Waals surface area contributed by atoms with Crippen LogP contribution in [0.3, 0.4) is 0 Å². The van der Waals surface area contributed by atoms with Gasteiger partial charge in [-0.3, -0.25) is 4.79 Å². The van der Waals surface area contributed by atoms with E-state index in [2.05, 4.69) is 5.32 Å². The Labute approximate surface area is 132 Å². The van der Waals surface area contributed by atoms with E-state index in [-0.39, 0.29) is 16.8 Å². The molecule has 0 aromatic heterocycles. The van der Waals surface area contributed by atoms with Crippen LogP contribution in [-0.2, 0) is 21.4 Å². The number of hydrogen-bond donors (Lipinski definition) is 2. The Bertz CT molecular complexity index is 583. The first-order chi connectivity index (χ1) is 10.3. The van der Waals surface area contributed by atoms with Crippen LogP contribution in [0.1, 0.15) is 32.3 Å². The van der Waals surface area contributed by atoms with Crippen LogP contribution < -0.4 is 11.1 Å². The molecule has 3 N–H and O–H groups in total. The molecule has 0 atom stereocenters. The average molecular weight is 327 g/mol. The molecule has 0 bridgehead atoms. The zero-order valence-corrected chi connectivity index (χ0v) is 14.2. The van der Waals surface area contributed by atoms with Crippen LogP contribution in [0.4, 0.5) is 0 Å². The summed E-state index contributed by atoms with van der Waals surface area (Å²) in [5.74, 6) is -0.0540. The summed E-state index contributed by atoms with van der Waals surface area (Å²) in [4.78, 5) is 11.7. The molecule has 0 aliphatic rings. The van der Waals surface area contributed by atoms with Crippen LogP contribution in [0, 0.1) is 0 Å². The highest BCUT2D eigenvalue weighted by molar-refractivity contribution is 7.89. The molecule has 0 heterocycles. The largest absolute Gasteiger partial charge is 0.352 e. The van der Waals surface area contributed by atoms with E-state index in [9.17, 15) is 13.2 Å². The van der Waals surface area contributed by atoms with Crippen molar-refractivity contribution in [1.29, 1.82) is 0 Å². The molecule has 0 saturated heterocycles. The monoisotopic (exact) mass is 327 g/mol. The first kappa shape index (κ1) is 18.6. The predicted molar refractivity (Wildman–Crippen MR) is 86.7 cm³/mol. The second-order valence-electron chi connectivity index (χ2n) is 5.43. The third kappa shape index (κ3) is 5.08. The van der Waals surface area contributed by atoms with Gasteiger partial charge in [0, 0.05) is 26.1 Å². The van der Waals surface area contributed by atoms with Crippen molar-refractivity contribution in [1.82, 2.24) is 9.62 Å². The van der Waals surface area contributed by atoms with Crippen molar-refractivity contribution >= 4 is 15.9 Å². The Morgan fingerprint density at radius 3 is 2.36 bits per heavy atom. The van der Waals surface area contributed by atoms with Gasteiger partial charge in [-0.2, -0.15) is 4.31 Å². The Hall–Kier alpha value is -1.44. The fraction of sp³-hybridized carbons (Fsp3) is 0.533. The van der Waals surface area contributed by atoms with Gasteiger partial charge in [-0.15, -0.1) is 0 Å². The van der Waals surface area contributed by atoms with Crippen LogP contribution >= 0.6 is 0 Å². The minimum absolute atomic E-state index is 0.0540. The highest BCUT2D eigenvalue weighted by atomic mass is 32.2. The number of nitrogens with zero attached hydrogens (tertiary/aromatic N) is 1. The maximum absolute atomic E-state index is 12.3. The van der Waals surface area contributed by atoms with Crippen molar-refractivity contribution in [2.45, 2.75) is 44.2 Å². The number of hydrogen-bond acceptors (Lipinski definition) is 4. The fourth-order valence-corrected chi connectivity index (χ4v) is 3.14. The van der Waals surface area contributed by atoms with Gasteiger partial charge in [0.25, 0.3) is 0 Å². The Morgan fingerprint density at radius 2 is 1.86 bits per heavy atom. The molecule has 0 aliphatic heterocycles. The van der Waals surface area contributed by atoms with Crippen LogP contribution in [0.5, 0.6) is 0 Å². The van der Waals surface area contributed by atoms with Gasteiger partial charge in [0.05, 0.1) is 4.90 Å². The van der Waals surface area contributed by atoms with Crippen LogP contribution in [0.15, 0.2) is 29.2 Å². The Balaban J connectivity index is 2.69. The lowest BCUT2D eigenvalue weighted by molar-refractivity contribution is -0.121. The minimum atomic E-state index is -3.47. The molecule has 22 heavy (non-hydrogen) atoms. The van der Waals surface area contributed by atoms with E-state index in [1.54, 1.807) is 31.3 Å². The average Bonchev–Trinajstić information content (AvgIpc) is 2.50. The zero-order chi connectivity index (χ0) is 16.8. The molecule has 0 radical (unpaired) electrons. The first-order valence-electron chi connectivity index (χ1n) is 7.32. The third-order valence-corrected chi connectivity index (χ3v) is 5.47. The SMILES string of the molecule is CC(C)N(C)S(=O)(=O)c1ccc(CNC(=O)CCCN)cc1. The molecule has 1 aromatic carbocycles. The number of rotatable bonds is 8. The van der Waals surface area contributed by atoms with Gasteiger partial charge in [-0.05, 0) is 44.5 Å². The summed E-state index contributed by atoms with van der Waals surface area (Å²) in [6.45, 7) is 4.51. The number of sulfonamides is 1. The van der Waals surface area contributed by atoms with E-state index in [1.807, 2.05) is 13.8 Å². The lowest BCUT2D eigenvalue weighted by Gasteiger charge is -2.21. The second kappa shape index (κ2) is 8.26. The number of nitrogens with one attached hydrogen (secondary N) is 1. The summed E-state index contributed by atoms with van der Waals surface area (Å²) in [6, 6.07) is 6.45. The summed E-state index contributed by atoms with van der Waals surface area (Å²) < 4.78 is 26.0. The van der Waals surface area contributed by atoms with E-state index in [4.69, 9.17) is 5.73 Å². The molecule has 0 unspecified atom stereocenters. The number of nitrogens with two attached hydrogens (primary N) is 1. The topological polar surface area (TPSA) is 92.5 Å². The van der Waals surface area contributed by atoms with Crippen LogP contribution in [-0.4, -0.2) is 38.3 Å². The normalized spacial score (nSPS) is 11.9. The van der Waals surface area contributed by atoms with Gasteiger partial charge >= 0.3 is 0 Å². The van der Waals surface area contributed by atoms with Crippen molar-refractivity contribution in [3.63, 3.8) is 0 Å². The van der Waals surface area contributed by atoms with Crippen molar-refractivity contribution < 1.29 is 13.2 Å². The summed E-state index contributed by atoms with van der Waals surface area (Å²) in [7, 11) is -1.91. The summed E-state index contributed by atoms with van der Waals surface area (Å²) in [5, 5.41) is 2.78. The van der Waals surface area contributed by atoms with E-state index in [0.717, 1.165) is 5.56 Å². The highest BCUT2D eigenvalue weighted by Crippen LogP contribution is 2.17. The van der Waals surface area contributed by atoms with Crippen molar-refractivity contribution in [3.8, 4) is 0 Å². The number of amides is 1. The zero-order valence-electron chi connectivity index (χ0n) is 13.4.